The van der Waals surface area contributed by atoms with Crippen molar-refractivity contribution < 1.29 is 28.5 Å². The Hall–Kier alpha value is -1.89. The van der Waals surface area contributed by atoms with Crippen LogP contribution < -0.4 is 4.74 Å². The SMILES string of the molecule is CC/C=C(\C)[C@]1(C)[C@@H](OC)O[C@H](COC(C)=O)[C@@H]1OCc1ccc(OC)cc1. The lowest BCUT2D eigenvalue weighted by atomic mass is 9.76. The van der Waals surface area contributed by atoms with Crippen molar-refractivity contribution in [3.63, 3.8) is 0 Å². The van der Waals surface area contributed by atoms with Crippen molar-refractivity contribution >= 4 is 5.97 Å². The molecule has 1 heterocycles. The summed E-state index contributed by atoms with van der Waals surface area (Å²) in [5.74, 6) is 0.451. The molecule has 0 spiro atoms. The second-order valence-corrected chi connectivity index (χ2v) is 7.20. The zero-order chi connectivity index (χ0) is 20.7. The number of methoxy groups -OCH3 is 2. The largest absolute Gasteiger partial charge is 0.497 e. The van der Waals surface area contributed by atoms with Gasteiger partial charge >= 0.3 is 5.97 Å². The van der Waals surface area contributed by atoms with Gasteiger partial charge in [-0.1, -0.05) is 30.7 Å². The normalized spacial score (nSPS) is 27.6. The van der Waals surface area contributed by atoms with Gasteiger partial charge in [-0.15, -0.1) is 0 Å². The van der Waals surface area contributed by atoms with Gasteiger partial charge in [0, 0.05) is 14.0 Å². The van der Waals surface area contributed by atoms with Gasteiger partial charge in [-0.25, -0.2) is 0 Å². The Kier molecular flexibility index (Phi) is 8.04. The molecule has 0 bridgehead atoms. The van der Waals surface area contributed by atoms with Crippen molar-refractivity contribution in [1.82, 2.24) is 0 Å². The number of hydrogen-bond acceptors (Lipinski definition) is 6. The first-order valence-electron chi connectivity index (χ1n) is 9.60. The average molecular weight is 392 g/mol. The van der Waals surface area contributed by atoms with Crippen LogP contribution in [0, 0.1) is 5.41 Å². The van der Waals surface area contributed by atoms with E-state index in [0.717, 1.165) is 23.3 Å². The van der Waals surface area contributed by atoms with E-state index in [9.17, 15) is 4.79 Å². The second-order valence-electron chi connectivity index (χ2n) is 7.20. The Bertz CT molecular complexity index is 668. The Morgan fingerprint density at radius 1 is 1.21 bits per heavy atom. The van der Waals surface area contributed by atoms with Crippen molar-refractivity contribution in [3.8, 4) is 5.75 Å². The topological polar surface area (TPSA) is 63.2 Å². The second kappa shape index (κ2) is 10.0. The van der Waals surface area contributed by atoms with Crippen LogP contribution in [-0.2, 0) is 30.3 Å². The average Bonchev–Trinajstić information content (AvgIpc) is 2.97. The Morgan fingerprint density at radius 2 is 1.89 bits per heavy atom. The molecule has 0 amide bonds. The maximum absolute atomic E-state index is 11.3. The van der Waals surface area contributed by atoms with Gasteiger partial charge < -0.3 is 23.7 Å². The number of rotatable bonds is 9. The summed E-state index contributed by atoms with van der Waals surface area (Å²) in [4.78, 5) is 11.3. The number of hydrogen-bond donors (Lipinski definition) is 0. The quantitative estimate of drug-likeness (QED) is 0.469. The van der Waals surface area contributed by atoms with Crippen LogP contribution in [-0.4, -0.2) is 45.3 Å². The third-order valence-electron chi connectivity index (χ3n) is 5.33. The van der Waals surface area contributed by atoms with E-state index >= 15 is 0 Å². The first kappa shape index (κ1) is 22.4. The van der Waals surface area contributed by atoms with Crippen LogP contribution in [0.25, 0.3) is 0 Å². The monoisotopic (exact) mass is 392 g/mol. The van der Waals surface area contributed by atoms with Crippen molar-refractivity contribution in [2.75, 3.05) is 20.8 Å². The van der Waals surface area contributed by atoms with E-state index in [-0.39, 0.29) is 18.7 Å². The fourth-order valence-corrected chi connectivity index (χ4v) is 3.64. The van der Waals surface area contributed by atoms with E-state index in [1.54, 1.807) is 14.2 Å². The first-order chi connectivity index (χ1) is 13.4. The predicted octanol–water partition coefficient (Wildman–Crippen LogP) is 3.88. The molecule has 1 aromatic carbocycles. The molecule has 1 saturated heterocycles. The third-order valence-corrected chi connectivity index (χ3v) is 5.33. The van der Waals surface area contributed by atoms with Gasteiger partial charge in [0.05, 0.1) is 19.1 Å². The molecule has 0 aliphatic carbocycles. The van der Waals surface area contributed by atoms with Crippen molar-refractivity contribution in [2.45, 2.75) is 59.2 Å². The highest BCUT2D eigenvalue weighted by atomic mass is 16.7. The van der Waals surface area contributed by atoms with Gasteiger partial charge in [-0.05, 0) is 38.0 Å². The molecule has 4 atom stereocenters. The maximum atomic E-state index is 11.3. The van der Waals surface area contributed by atoms with E-state index in [1.807, 2.05) is 24.3 Å². The molecule has 6 heteroatoms. The molecule has 0 N–H and O–H groups in total. The standard InChI is InChI=1S/C22H32O6/c1-7-8-15(2)22(4)20(19(14-26-16(3)23)28-21(22)25-6)27-13-17-9-11-18(24-5)12-10-17/h8-12,19-21H,7,13-14H2,1-6H3/b15-8+/t19-,20+,21+,22+/m1/s1. The molecule has 1 aromatic rings. The summed E-state index contributed by atoms with van der Waals surface area (Å²) in [6.45, 7) is 8.15. The predicted molar refractivity (Wildman–Crippen MR) is 106 cm³/mol. The summed E-state index contributed by atoms with van der Waals surface area (Å²) in [5, 5.41) is 0. The van der Waals surface area contributed by atoms with E-state index in [0.29, 0.717) is 6.61 Å². The van der Waals surface area contributed by atoms with Crippen LogP contribution in [0.2, 0.25) is 0 Å². The van der Waals surface area contributed by atoms with Crippen LogP contribution in [0.15, 0.2) is 35.9 Å². The molecule has 28 heavy (non-hydrogen) atoms. The van der Waals surface area contributed by atoms with Gasteiger partial charge in [0.15, 0.2) is 6.29 Å². The molecule has 2 rings (SSSR count). The van der Waals surface area contributed by atoms with Crippen LogP contribution in [0.4, 0.5) is 0 Å². The highest BCUT2D eigenvalue weighted by Gasteiger charge is 2.56. The molecule has 0 saturated carbocycles. The van der Waals surface area contributed by atoms with Gasteiger partial charge in [0.25, 0.3) is 0 Å². The summed E-state index contributed by atoms with van der Waals surface area (Å²) < 4.78 is 28.5. The number of allylic oxidation sites excluding steroid dienone is 1. The summed E-state index contributed by atoms with van der Waals surface area (Å²) in [6, 6.07) is 7.74. The van der Waals surface area contributed by atoms with E-state index in [4.69, 9.17) is 23.7 Å². The first-order valence-corrected chi connectivity index (χ1v) is 9.60. The highest BCUT2D eigenvalue weighted by Crippen LogP contribution is 2.47. The van der Waals surface area contributed by atoms with Crippen LogP contribution >= 0.6 is 0 Å². The molecule has 1 fully saturated rings. The highest BCUT2D eigenvalue weighted by molar-refractivity contribution is 5.65. The minimum absolute atomic E-state index is 0.122. The number of carbonyl (C=O) groups is 1. The van der Waals surface area contributed by atoms with Crippen LogP contribution in [0.1, 0.15) is 39.7 Å². The number of ether oxygens (including phenoxy) is 5. The summed E-state index contributed by atoms with van der Waals surface area (Å²) in [6.07, 6.45) is 1.82. The molecule has 0 unspecified atom stereocenters. The molecular formula is C22H32O6. The molecule has 6 nitrogen and oxygen atoms in total. The summed E-state index contributed by atoms with van der Waals surface area (Å²) in [7, 11) is 3.26. The lowest BCUT2D eigenvalue weighted by Gasteiger charge is -2.35. The van der Waals surface area contributed by atoms with Crippen molar-refractivity contribution in [3.05, 3.63) is 41.5 Å². The minimum atomic E-state index is -0.498. The smallest absolute Gasteiger partial charge is 0.302 e. The zero-order valence-electron chi connectivity index (χ0n) is 17.7. The lowest BCUT2D eigenvalue weighted by molar-refractivity contribution is -0.163. The molecule has 156 valence electrons. The van der Waals surface area contributed by atoms with Crippen molar-refractivity contribution in [1.29, 1.82) is 0 Å². The fourth-order valence-electron chi connectivity index (χ4n) is 3.64. The van der Waals surface area contributed by atoms with E-state index in [1.165, 1.54) is 6.92 Å². The van der Waals surface area contributed by atoms with Crippen molar-refractivity contribution in [2.24, 2.45) is 5.41 Å². The summed E-state index contributed by atoms with van der Waals surface area (Å²) >= 11 is 0. The maximum Gasteiger partial charge on any atom is 0.302 e. The Labute approximate surface area is 167 Å². The molecule has 1 aliphatic heterocycles. The lowest BCUT2D eigenvalue weighted by Crippen LogP contribution is -2.43. The fraction of sp³-hybridized carbons (Fsp3) is 0.591. The third kappa shape index (κ3) is 4.93. The van der Waals surface area contributed by atoms with Crippen LogP contribution in [0.5, 0.6) is 5.75 Å². The van der Waals surface area contributed by atoms with Gasteiger partial charge in [0.1, 0.15) is 24.6 Å². The molecule has 0 radical (unpaired) electrons. The number of esters is 1. The molecule has 0 aromatic heterocycles. The molecular weight excluding hydrogens is 360 g/mol. The molecule has 1 aliphatic rings. The van der Waals surface area contributed by atoms with E-state index < -0.39 is 17.8 Å². The van der Waals surface area contributed by atoms with Gasteiger partial charge in [-0.3, -0.25) is 4.79 Å². The minimum Gasteiger partial charge on any atom is -0.497 e. The Balaban J connectivity index is 2.26. The van der Waals surface area contributed by atoms with Gasteiger partial charge in [0.2, 0.25) is 0 Å². The van der Waals surface area contributed by atoms with Gasteiger partial charge in [-0.2, -0.15) is 0 Å². The summed E-state index contributed by atoms with van der Waals surface area (Å²) in [5.41, 5.74) is 1.65. The van der Waals surface area contributed by atoms with E-state index in [2.05, 4.69) is 26.8 Å². The number of carbonyl (C=O) groups excluding carboxylic acids is 1. The van der Waals surface area contributed by atoms with Crippen LogP contribution in [0.3, 0.4) is 0 Å². The zero-order valence-corrected chi connectivity index (χ0v) is 17.7. The number of benzene rings is 1. The Morgan fingerprint density at radius 3 is 2.43 bits per heavy atom.